The second-order valence-electron chi connectivity index (χ2n) is 4.86. The van der Waals surface area contributed by atoms with Gasteiger partial charge in [0.15, 0.2) is 5.82 Å². The zero-order chi connectivity index (χ0) is 16.3. The van der Waals surface area contributed by atoms with Crippen molar-refractivity contribution in [2.45, 2.75) is 21.7 Å². The molecular formula is C12H6Br2ClF3IN3. The van der Waals surface area contributed by atoms with Crippen LogP contribution in [0.2, 0.25) is 5.02 Å². The molecule has 3 rings (SSSR count). The molecule has 10 heteroatoms. The smallest absolute Gasteiger partial charge is 0.235 e. The maximum absolute atomic E-state index is 12.6. The van der Waals surface area contributed by atoms with E-state index in [4.69, 9.17) is 11.6 Å². The summed E-state index contributed by atoms with van der Waals surface area (Å²) < 4.78 is 40.0. The van der Waals surface area contributed by atoms with E-state index in [9.17, 15) is 13.2 Å². The van der Waals surface area contributed by atoms with Gasteiger partial charge in [-0.05, 0) is 35.1 Å². The van der Waals surface area contributed by atoms with Crippen molar-refractivity contribution in [3.63, 3.8) is 0 Å². The van der Waals surface area contributed by atoms with Gasteiger partial charge in [-0.1, -0.05) is 43.5 Å². The van der Waals surface area contributed by atoms with Gasteiger partial charge in [-0.3, -0.25) is 0 Å². The first-order chi connectivity index (χ1) is 10.1. The molecule has 0 spiro atoms. The monoisotopic (exact) mass is 569 g/mol. The Kier molecular flexibility index (Phi) is 4.31. The summed E-state index contributed by atoms with van der Waals surface area (Å²) in [7, 11) is 0. The van der Waals surface area contributed by atoms with Crippen molar-refractivity contribution >= 4 is 66.1 Å². The molecule has 0 aromatic carbocycles. The van der Waals surface area contributed by atoms with Gasteiger partial charge in [0.2, 0.25) is 0 Å². The summed E-state index contributed by atoms with van der Waals surface area (Å²) in [5.74, 6) is 0.426. The molecule has 0 amide bonds. The summed E-state index contributed by atoms with van der Waals surface area (Å²) in [6, 6.07) is 0.856. The average molecular weight is 571 g/mol. The minimum absolute atomic E-state index is 0.0972. The fraction of sp³-hybridized carbons (Fsp3) is 0.333. The highest BCUT2D eigenvalue weighted by Crippen LogP contribution is 2.62. The quantitative estimate of drug-likeness (QED) is 0.352. The maximum Gasteiger partial charge on any atom is 0.417 e. The summed E-state index contributed by atoms with van der Waals surface area (Å²) in [5, 5.41) is 4.20. The van der Waals surface area contributed by atoms with Crippen molar-refractivity contribution in [2.24, 2.45) is 0 Å². The van der Waals surface area contributed by atoms with Crippen molar-refractivity contribution in [1.82, 2.24) is 14.8 Å². The highest BCUT2D eigenvalue weighted by molar-refractivity contribution is 14.1. The number of hydrogen-bond acceptors (Lipinski definition) is 2. The molecule has 22 heavy (non-hydrogen) atoms. The molecule has 1 aliphatic rings. The van der Waals surface area contributed by atoms with Crippen LogP contribution in [0.5, 0.6) is 0 Å². The predicted octanol–water partition coefficient (Wildman–Crippen LogP) is 5.52. The lowest BCUT2D eigenvalue weighted by molar-refractivity contribution is -0.137. The number of nitrogens with zero attached hydrogens (tertiary/aromatic N) is 3. The van der Waals surface area contributed by atoms with Crippen LogP contribution in [-0.2, 0) is 6.18 Å². The average Bonchev–Trinajstić information content (AvgIpc) is 2.85. The van der Waals surface area contributed by atoms with E-state index < -0.39 is 11.7 Å². The highest BCUT2D eigenvalue weighted by Gasteiger charge is 2.52. The minimum atomic E-state index is -4.47. The van der Waals surface area contributed by atoms with Crippen molar-refractivity contribution in [3.05, 3.63) is 38.3 Å². The van der Waals surface area contributed by atoms with Crippen LogP contribution in [0, 0.1) is 3.70 Å². The molecule has 3 nitrogen and oxygen atoms in total. The fourth-order valence-corrected chi connectivity index (χ4v) is 4.15. The molecule has 0 N–H and O–H groups in total. The van der Waals surface area contributed by atoms with Crippen molar-refractivity contribution in [2.75, 3.05) is 0 Å². The molecule has 2 heterocycles. The van der Waals surface area contributed by atoms with E-state index in [2.05, 4.69) is 64.5 Å². The summed E-state index contributed by atoms with van der Waals surface area (Å²) in [6.07, 6.45) is -1.06. The molecule has 2 aromatic rings. The maximum atomic E-state index is 12.6. The van der Waals surface area contributed by atoms with E-state index in [1.165, 1.54) is 4.68 Å². The van der Waals surface area contributed by atoms with Gasteiger partial charge >= 0.3 is 6.18 Å². The number of pyridine rings is 1. The van der Waals surface area contributed by atoms with Crippen molar-refractivity contribution < 1.29 is 13.2 Å². The molecule has 0 aliphatic heterocycles. The van der Waals surface area contributed by atoms with E-state index in [1.54, 1.807) is 6.20 Å². The van der Waals surface area contributed by atoms with Crippen molar-refractivity contribution in [1.29, 1.82) is 0 Å². The molecule has 0 bridgehead atoms. The van der Waals surface area contributed by atoms with Gasteiger partial charge in [0.1, 0.15) is 3.70 Å². The zero-order valence-corrected chi connectivity index (χ0v) is 16.6. The Morgan fingerprint density at radius 1 is 1.41 bits per heavy atom. The molecule has 0 saturated heterocycles. The third-order valence-electron chi connectivity index (χ3n) is 3.26. The van der Waals surface area contributed by atoms with Gasteiger partial charge in [-0.2, -0.15) is 18.3 Å². The zero-order valence-electron chi connectivity index (χ0n) is 10.5. The number of hydrogen-bond donors (Lipinski definition) is 0. The first-order valence-corrected chi connectivity index (χ1v) is 9.00. The van der Waals surface area contributed by atoms with Crippen LogP contribution in [0.15, 0.2) is 18.5 Å². The third-order valence-corrected chi connectivity index (χ3v) is 6.13. The Morgan fingerprint density at radius 2 is 2.05 bits per heavy atom. The molecule has 1 aliphatic carbocycles. The molecule has 1 saturated carbocycles. The van der Waals surface area contributed by atoms with Crippen LogP contribution < -0.4 is 0 Å². The molecule has 0 radical (unpaired) electrons. The summed E-state index contributed by atoms with van der Waals surface area (Å²) in [5.41, 5.74) is 0.109. The summed E-state index contributed by atoms with van der Waals surface area (Å²) in [4.78, 5) is 3.81. The van der Waals surface area contributed by atoms with Crippen LogP contribution in [0.25, 0.3) is 5.82 Å². The minimum Gasteiger partial charge on any atom is -0.235 e. The second kappa shape index (κ2) is 5.59. The second-order valence-corrected chi connectivity index (χ2v) is 10.2. The number of rotatable bonds is 2. The van der Waals surface area contributed by atoms with Gasteiger partial charge in [-0.15, -0.1) is 0 Å². The van der Waals surface area contributed by atoms with E-state index in [0.29, 0.717) is 0 Å². The Labute approximate surface area is 159 Å². The van der Waals surface area contributed by atoms with Crippen LogP contribution in [0.3, 0.4) is 0 Å². The number of aromatic nitrogens is 3. The van der Waals surface area contributed by atoms with Gasteiger partial charge < -0.3 is 0 Å². The Bertz CT molecular complexity index is 748. The molecule has 1 atom stereocenters. The Hall–Kier alpha value is 0.130. The lowest BCUT2D eigenvalue weighted by atomic mass is 10.2. The van der Waals surface area contributed by atoms with E-state index in [0.717, 1.165) is 27.9 Å². The van der Waals surface area contributed by atoms with Crippen LogP contribution in [0.4, 0.5) is 13.2 Å². The molecule has 118 valence electrons. The Morgan fingerprint density at radius 3 is 2.55 bits per heavy atom. The van der Waals surface area contributed by atoms with E-state index >= 15 is 0 Å². The normalized spacial score (nSPS) is 20.2. The van der Waals surface area contributed by atoms with Gasteiger partial charge in [0.25, 0.3) is 0 Å². The third kappa shape index (κ3) is 3.18. The topological polar surface area (TPSA) is 30.7 Å². The molecular weight excluding hydrogens is 565 g/mol. The van der Waals surface area contributed by atoms with E-state index in [1.807, 2.05) is 0 Å². The van der Waals surface area contributed by atoms with Crippen LogP contribution in [-0.4, -0.2) is 18.0 Å². The lowest BCUT2D eigenvalue weighted by Crippen LogP contribution is -2.08. The first-order valence-electron chi connectivity index (χ1n) is 5.95. The van der Waals surface area contributed by atoms with Crippen LogP contribution >= 0.6 is 66.1 Å². The standard InChI is InChI=1S/C12H6Br2ClF3IN3/c13-11(14)2-7(11)6-4-22(21-9(6)19)10-8(15)1-5(3-20-10)12(16,17)18/h1,3-4,7H,2H2. The predicted molar refractivity (Wildman–Crippen MR) is 92.0 cm³/mol. The van der Waals surface area contributed by atoms with Gasteiger partial charge in [0.05, 0.1) is 13.8 Å². The fourth-order valence-electron chi connectivity index (χ4n) is 2.01. The van der Waals surface area contributed by atoms with Crippen molar-refractivity contribution in [3.8, 4) is 5.82 Å². The Balaban J connectivity index is 1.97. The summed E-state index contributed by atoms with van der Waals surface area (Å²) in [6.45, 7) is 0. The van der Waals surface area contributed by atoms with Crippen LogP contribution in [0.1, 0.15) is 23.5 Å². The SMILES string of the molecule is FC(F)(F)c1cnc(-n2cc(C3CC3(Br)Br)c(I)n2)c(Cl)c1. The molecule has 2 aromatic heterocycles. The van der Waals surface area contributed by atoms with E-state index in [-0.39, 0.29) is 20.0 Å². The lowest BCUT2D eigenvalue weighted by Gasteiger charge is -2.08. The number of halogens is 7. The molecule has 1 fully saturated rings. The summed E-state index contributed by atoms with van der Waals surface area (Å²) >= 11 is 15.1. The molecule has 1 unspecified atom stereocenters. The van der Waals surface area contributed by atoms with Gasteiger partial charge in [0, 0.05) is 23.9 Å². The largest absolute Gasteiger partial charge is 0.417 e. The first kappa shape index (κ1) is 17.0. The van der Waals surface area contributed by atoms with Gasteiger partial charge in [-0.25, -0.2) is 9.67 Å². The number of alkyl halides is 5. The highest BCUT2D eigenvalue weighted by atomic mass is 127.